The Hall–Kier alpha value is -4.52. The number of fused-ring (bicyclic) bond motifs is 2. The second-order valence-corrected chi connectivity index (χ2v) is 7.46. The lowest BCUT2D eigenvalue weighted by atomic mass is 10.0. The number of phenols is 1. The Labute approximate surface area is 182 Å². The molecule has 1 aromatic heterocycles. The molecule has 0 saturated heterocycles. The predicted molar refractivity (Wildman–Crippen MR) is 124 cm³/mol. The molecule has 0 fully saturated rings. The van der Waals surface area contributed by atoms with Crippen molar-refractivity contribution in [2.24, 2.45) is 4.99 Å². The number of aromatic hydroxyl groups is 1. The van der Waals surface area contributed by atoms with Gasteiger partial charge in [-0.15, -0.1) is 0 Å². The highest BCUT2D eigenvalue weighted by Gasteiger charge is 2.11. The number of aliphatic imine (C=N–C) groups is 1. The molecule has 7 heteroatoms. The average Bonchev–Trinajstić information content (AvgIpc) is 3.22. The lowest BCUT2D eigenvalue weighted by Gasteiger charge is -2.05. The van der Waals surface area contributed by atoms with Crippen molar-refractivity contribution >= 4 is 39.5 Å². The van der Waals surface area contributed by atoms with E-state index < -0.39 is 4.92 Å². The Morgan fingerprint density at radius 1 is 1.03 bits per heavy atom. The van der Waals surface area contributed by atoms with Gasteiger partial charge in [0.1, 0.15) is 11.3 Å². The first-order valence-corrected chi connectivity index (χ1v) is 9.90. The monoisotopic (exact) mass is 423 g/mol. The van der Waals surface area contributed by atoms with Crippen LogP contribution in [0.5, 0.6) is 5.75 Å². The molecule has 156 valence electrons. The summed E-state index contributed by atoms with van der Waals surface area (Å²) in [5.74, 6) is 0.577. The Bertz CT molecular complexity index is 1520. The SMILES string of the molecule is Cc1ccc(-c2nc3cc(N=Cc4c(O)ccc5cc([N+](=O)[O-])ccc45)ccc3o2)cc1. The molecule has 7 nitrogen and oxygen atoms in total. The summed E-state index contributed by atoms with van der Waals surface area (Å²) in [6.45, 7) is 2.02. The van der Waals surface area contributed by atoms with Crippen LogP contribution in [0, 0.1) is 17.0 Å². The molecular weight excluding hydrogens is 406 g/mol. The zero-order valence-corrected chi connectivity index (χ0v) is 17.0. The van der Waals surface area contributed by atoms with Crippen molar-refractivity contribution in [3.8, 4) is 17.2 Å². The summed E-state index contributed by atoms with van der Waals surface area (Å²) in [6, 6.07) is 21.0. The molecule has 0 bridgehead atoms. The number of nitrogens with zero attached hydrogens (tertiary/aromatic N) is 3. The minimum atomic E-state index is -0.446. The summed E-state index contributed by atoms with van der Waals surface area (Å²) in [4.78, 5) is 19.6. The van der Waals surface area contributed by atoms with Gasteiger partial charge in [0, 0.05) is 29.5 Å². The van der Waals surface area contributed by atoms with Crippen LogP contribution in [0.3, 0.4) is 0 Å². The molecule has 4 aromatic carbocycles. The molecule has 5 aromatic rings. The first kappa shape index (κ1) is 19.4. The third-order valence-electron chi connectivity index (χ3n) is 5.25. The van der Waals surface area contributed by atoms with Gasteiger partial charge in [0.2, 0.25) is 5.89 Å². The molecule has 0 aliphatic heterocycles. The third-order valence-corrected chi connectivity index (χ3v) is 5.25. The summed E-state index contributed by atoms with van der Waals surface area (Å²) in [5, 5.41) is 22.7. The molecule has 0 saturated carbocycles. The van der Waals surface area contributed by atoms with Crippen LogP contribution in [0.4, 0.5) is 11.4 Å². The van der Waals surface area contributed by atoms with Crippen LogP contribution in [0.15, 0.2) is 82.2 Å². The number of benzene rings is 4. The summed E-state index contributed by atoms with van der Waals surface area (Å²) < 4.78 is 5.86. The van der Waals surface area contributed by atoms with Gasteiger partial charge in [-0.3, -0.25) is 15.1 Å². The van der Waals surface area contributed by atoms with E-state index in [1.54, 1.807) is 36.5 Å². The molecule has 1 heterocycles. The van der Waals surface area contributed by atoms with Crippen LogP contribution in [0.2, 0.25) is 0 Å². The second-order valence-electron chi connectivity index (χ2n) is 7.46. The smallest absolute Gasteiger partial charge is 0.270 e. The number of nitro groups is 1. The molecule has 5 rings (SSSR count). The van der Waals surface area contributed by atoms with Gasteiger partial charge in [-0.05, 0) is 60.2 Å². The van der Waals surface area contributed by atoms with Crippen molar-refractivity contribution < 1.29 is 14.4 Å². The zero-order valence-electron chi connectivity index (χ0n) is 17.0. The standard InChI is InChI=1S/C25H17N3O4/c1-15-2-4-16(5-3-15)25-27-22-13-18(7-11-24(22)32-25)26-14-21-20-9-8-19(28(30)31)12-17(20)6-10-23(21)29/h2-14,29H,1H3. The van der Waals surface area contributed by atoms with E-state index in [0.29, 0.717) is 39.0 Å². The number of nitro benzene ring substituents is 1. The molecule has 1 N–H and O–H groups in total. The molecule has 0 aliphatic rings. The van der Waals surface area contributed by atoms with E-state index in [9.17, 15) is 15.2 Å². The van der Waals surface area contributed by atoms with Crippen molar-refractivity contribution in [2.75, 3.05) is 0 Å². The van der Waals surface area contributed by atoms with Gasteiger partial charge in [0.15, 0.2) is 5.58 Å². The van der Waals surface area contributed by atoms with Crippen molar-refractivity contribution in [3.05, 3.63) is 94.0 Å². The van der Waals surface area contributed by atoms with Gasteiger partial charge in [-0.25, -0.2) is 4.98 Å². The maximum Gasteiger partial charge on any atom is 0.270 e. The van der Waals surface area contributed by atoms with Crippen molar-refractivity contribution in [3.63, 3.8) is 0 Å². The fourth-order valence-electron chi connectivity index (χ4n) is 3.53. The zero-order chi connectivity index (χ0) is 22.2. The molecule has 0 amide bonds. The predicted octanol–water partition coefficient (Wildman–Crippen LogP) is 6.32. The Morgan fingerprint density at radius 2 is 1.84 bits per heavy atom. The molecule has 0 atom stereocenters. The lowest BCUT2D eigenvalue weighted by Crippen LogP contribution is -1.90. The largest absolute Gasteiger partial charge is 0.507 e. The summed E-state index contributed by atoms with van der Waals surface area (Å²) >= 11 is 0. The first-order chi connectivity index (χ1) is 15.5. The maximum absolute atomic E-state index is 11.0. The maximum atomic E-state index is 11.0. The van der Waals surface area contributed by atoms with Crippen molar-refractivity contribution in [2.45, 2.75) is 6.92 Å². The number of aromatic nitrogens is 1. The van der Waals surface area contributed by atoms with Crippen LogP contribution in [0.25, 0.3) is 33.3 Å². The fourth-order valence-corrected chi connectivity index (χ4v) is 3.53. The number of rotatable bonds is 4. The van der Waals surface area contributed by atoms with Gasteiger partial charge in [-0.1, -0.05) is 23.8 Å². The number of oxazole rings is 1. The lowest BCUT2D eigenvalue weighted by molar-refractivity contribution is -0.384. The average molecular weight is 423 g/mol. The topological polar surface area (TPSA) is 102 Å². The summed E-state index contributed by atoms with van der Waals surface area (Å²) in [5.41, 5.74) is 4.50. The molecule has 0 unspecified atom stereocenters. The molecule has 0 spiro atoms. The number of hydrogen-bond donors (Lipinski definition) is 1. The number of non-ortho nitro benzene ring substituents is 1. The van der Waals surface area contributed by atoms with E-state index in [-0.39, 0.29) is 11.4 Å². The van der Waals surface area contributed by atoms with Gasteiger partial charge >= 0.3 is 0 Å². The molecule has 0 radical (unpaired) electrons. The summed E-state index contributed by atoms with van der Waals surface area (Å²) in [6.07, 6.45) is 1.55. The third kappa shape index (κ3) is 3.56. The van der Waals surface area contributed by atoms with E-state index >= 15 is 0 Å². The highest BCUT2D eigenvalue weighted by Crippen LogP contribution is 2.30. The van der Waals surface area contributed by atoms with Gasteiger partial charge in [0.05, 0.1) is 10.6 Å². The Morgan fingerprint density at radius 3 is 2.62 bits per heavy atom. The molecular formula is C25H17N3O4. The van der Waals surface area contributed by atoms with Crippen LogP contribution in [-0.4, -0.2) is 21.2 Å². The highest BCUT2D eigenvalue weighted by atomic mass is 16.6. The summed E-state index contributed by atoms with van der Waals surface area (Å²) in [7, 11) is 0. The van der Waals surface area contributed by atoms with Crippen LogP contribution < -0.4 is 0 Å². The van der Waals surface area contributed by atoms with Crippen LogP contribution in [-0.2, 0) is 0 Å². The van der Waals surface area contributed by atoms with Gasteiger partial charge in [-0.2, -0.15) is 0 Å². The molecule has 0 aliphatic carbocycles. The number of hydrogen-bond acceptors (Lipinski definition) is 6. The second kappa shape index (κ2) is 7.63. The first-order valence-electron chi connectivity index (χ1n) is 9.90. The molecule has 32 heavy (non-hydrogen) atoms. The van der Waals surface area contributed by atoms with Crippen LogP contribution in [0.1, 0.15) is 11.1 Å². The van der Waals surface area contributed by atoms with Crippen LogP contribution >= 0.6 is 0 Å². The van der Waals surface area contributed by atoms with E-state index in [0.717, 1.165) is 11.1 Å². The number of phenolic OH excluding ortho intramolecular Hbond substituents is 1. The van der Waals surface area contributed by atoms with E-state index in [2.05, 4.69) is 9.98 Å². The highest BCUT2D eigenvalue weighted by molar-refractivity contribution is 6.03. The van der Waals surface area contributed by atoms with Gasteiger partial charge in [0.25, 0.3) is 5.69 Å². The fraction of sp³-hybridized carbons (Fsp3) is 0.0400. The van der Waals surface area contributed by atoms with Crippen molar-refractivity contribution in [1.29, 1.82) is 0 Å². The normalized spacial score (nSPS) is 11.5. The Balaban J connectivity index is 1.50. The van der Waals surface area contributed by atoms with Crippen molar-refractivity contribution in [1.82, 2.24) is 4.98 Å². The quantitative estimate of drug-likeness (QED) is 0.207. The van der Waals surface area contributed by atoms with E-state index in [1.165, 1.54) is 18.2 Å². The minimum absolute atomic E-state index is 0.00746. The van der Waals surface area contributed by atoms with Gasteiger partial charge < -0.3 is 9.52 Å². The van der Waals surface area contributed by atoms with E-state index in [4.69, 9.17) is 4.42 Å². The number of aryl methyl sites for hydroxylation is 1. The Kier molecular flexibility index (Phi) is 4.63. The van der Waals surface area contributed by atoms with E-state index in [1.807, 2.05) is 31.2 Å². The minimum Gasteiger partial charge on any atom is -0.507 e.